The summed E-state index contributed by atoms with van der Waals surface area (Å²) in [6.07, 6.45) is -0.141. The van der Waals surface area contributed by atoms with E-state index in [-0.39, 0.29) is 12.0 Å². The standard InChI is InChI=1S/C20H22ClNO3/c1-14-5-3-4-6-18(14)20(23)22-9-10-24-17(12-22)13-25-16-7-8-19(21)15(2)11-16/h3-8,11,17H,9-10,12-13H2,1-2H3. The van der Waals surface area contributed by atoms with Crippen LogP contribution in [0.5, 0.6) is 5.75 Å². The summed E-state index contributed by atoms with van der Waals surface area (Å²) in [5, 5.41) is 0.719. The van der Waals surface area contributed by atoms with Gasteiger partial charge in [-0.1, -0.05) is 29.8 Å². The van der Waals surface area contributed by atoms with Crippen molar-refractivity contribution in [3.8, 4) is 5.75 Å². The second kappa shape index (κ2) is 7.89. The zero-order valence-corrected chi connectivity index (χ0v) is 15.3. The molecule has 1 unspecified atom stereocenters. The third kappa shape index (κ3) is 4.33. The predicted octanol–water partition coefficient (Wildman–Crippen LogP) is 3.88. The minimum absolute atomic E-state index is 0.0498. The number of carbonyl (C=O) groups excluding carboxylic acids is 1. The Morgan fingerprint density at radius 2 is 2.04 bits per heavy atom. The van der Waals surface area contributed by atoms with E-state index in [4.69, 9.17) is 21.1 Å². The lowest BCUT2D eigenvalue weighted by Crippen LogP contribution is -2.47. The van der Waals surface area contributed by atoms with E-state index in [2.05, 4.69) is 0 Å². The van der Waals surface area contributed by atoms with Crippen molar-refractivity contribution in [2.24, 2.45) is 0 Å². The molecular formula is C20H22ClNO3. The molecular weight excluding hydrogens is 338 g/mol. The fourth-order valence-corrected chi connectivity index (χ4v) is 3.00. The maximum atomic E-state index is 12.7. The Morgan fingerprint density at radius 3 is 2.80 bits per heavy atom. The van der Waals surface area contributed by atoms with Gasteiger partial charge in [0, 0.05) is 17.1 Å². The van der Waals surface area contributed by atoms with Crippen LogP contribution in [0.2, 0.25) is 5.02 Å². The molecule has 2 aromatic rings. The van der Waals surface area contributed by atoms with Crippen molar-refractivity contribution in [1.82, 2.24) is 4.90 Å². The van der Waals surface area contributed by atoms with Crippen LogP contribution in [0.1, 0.15) is 21.5 Å². The Bertz CT molecular complexity index is 762. The summed E-state index contributed by atoms with van der Waals surface area (Å²) in [4.78, 5) is 14.6. The van der Waals surface area contributed by atoms with Gasteiger partial charge in [0.1, 0.15) is 18.5 Å². The summed E-state index contributed by atoms with van der Waals surface area (Å²) in [5.41, 5.74) is 2.71. The van der Waals surface area contributed by atoms with Gasteiger partial charge in [0.2, 0.25) is 0 Å². The van der Waals surface area contributed by atoms with Crippen molar-refractivity contribution < 1.29 is 14.3 Å². The summed E-state index contributed by atoms with van der Waals surface area (Å²) in [6.45, 7) is 5.94. The number of nitrogens with zero attached hydrogens (tertiary/aromatic N) is 1. The first-order valence-corrected chi connectivity index (χ1v) is 8.78. The molecule has 3 rings (SSSR count). The molecule has 4 nitrogen and oxygen atoms in total. The van der Waals surface area contributed by atoms with Gasteiger partial charge in [-0.15, -0.1) is 0 Å². The molecule has 1 aliphatic heterocycles. The lowest BCUT2D eigenvalue weighted by molar-refractivity contribution is -0.0401. The van der Waals surface area contributed by atoms with Gasteiger partial charge in [-0.05, 0) is 49.2 Å². The van der Waals surface area contributed by atoms with Crippen molar-refractivity contribution in [2.75, 3.05) is 26.3 Å². The van der Waals surface area contributed by atoms with Crippen LogP contribution in [0.3, 0.4) is 0 Å². The van der Waals surface area contributed by atoms with E-state index in [1.807, 2.05) is 61.2 Å². The first-order valence-electron chi connectivity index (χ1n) is 8.40. The molecule has 0 radical (unpaired) electrons. The summed E-state index contributed by atoms with van der Waals surface area (Å²) in [5.74, 6) is 0.807. The highest BCUT2D eigenvalue weighted by atomic mass is 35.5. The molecule has 1 atom stereocenters. The lowest BCUT2D eigenvalue weighted by atomic mass is 10.1. The SMILES string of the molecule is Cc1cc(OCC2CN(C(=O)c3ccccc3C)CCO2)ccc1Cl. The fourth-order valence-electron chi connectivity index (χ4n) is 2.88. The van der Waals surface area contributed by atoms with Crippen molar-refractivity contribution in [2.45, 2.75) is 20.0 Å². The van der Waals surface area contributed by atoms with E-state index in [0.717, 1.165) is 27.5 Å². The van der Waals surface area contributed by atoms with Crippen molar-refractivity contribution in [3.05, 3.63) is 64.2 Å². The monoisotopic (exact) mass is 359 g/mol. The van der Waals surface area contributed by atoms with Crippen LogP contribution >= 0.6 is 11.6 Å². The van der Waals surface area contributed by atoms with Crippen LogP contribution in [-0.4, -0.2) is 43.2 Å². The molecule has 1 heterocycles. The molecule has 1 saturated heterocycles. The van der Waals surface area contributed by atoms with Crippen LogP contribution in [0.15, 0.2) is 42.5 Å². The Balaban J connectivity index is 1.60. The summed E-state index contributed by atoms with van der Waals surface area (Å²) >= 11 is 6.03. The number of ether oxygens (including phenoxy) is 2. The number of morpholine rings is 1. The molecule has 0 aromatic heterocycles. The smallest absolute Gasteiger partial charge is 0.254 e. The normalized spacial score (nSPS) is 17.4. The molecule has 0 spiro atoms. The number of carbonyl (C=O) groups is 1. The molecule has 1 fully saturated rings. The van der Waals surface area contributed by atoms with Gasteiger partial charge in [-0.3, -0.25) is 4.79 Å². The van der Waals surface area contributed by atoms with E-state index in [1.54, 1.807) is 0 Å². The zero-order valence-electron chi connectivity index (χ0n) is 14.5. The highest BCUT2D eigenvalue weighted by molar-refractivity contribution is 6.31. The van der Waals surface area contributed by atoms with E-state index in [9.17, 15) is 4.79 Å². The molecule has 0 aliphatic carbocycles. The third-order valence-electron chi connectivity index (χ3n) is 4.37. The third-order valence-corrected chi connectivity index (χ3v) is 4.79. The van der Waals surface area contributed by atoms with Gasteiger partial charge >= 0.3 is 0 Å². The number of hydrogen-bond acceptors (Lipinski definition) is 3. The van der Waals surface area contributed by atoms with Crippen molar-refractivity contribution in [3.63, 3.8) is 0 Å². The van der Waals surface area contributed by atoms with Crippen LogP contribution in [-0.2, 0) is 4.74 Å². The average Bonchev–Trinajstić information content (AvgIpc) is 2.63. The Kier molecular flexibility index (Phi) is 5.61. The van der Waals surface area contributed by atoms with E-state index >= 15 is 0 Å². The van der Waals surface area contributed by atoms with Crippen molar-refractivity contribution in [1.29, 1.82) is 0 Å². The first-order chi connectivity index (χ1) is 12.0. The van der Waals surface area contributed by atoms with Gasteiger partial charge in [-0.25, -0.2) is 0 Å². The quantitative estimate of drug-likeness (QED) is 0.831. The number of rotatable bonds is 4. The number of aryl methyl sites for hydroxylation is 2. The highest BCUT2D eigenvalue weighted by Crippen LogP contribution is 2.22. The average molecular weight is 360 g/mol. The van der Waals surface area contributed by atoms with Crippen LogP contribution in [0.4, 0.5) is 0 Å². The maximum absolute atomic E-state index is 12.7. The Labute approximate surface area is 153 Å². The molecule has 5 heteroatoms. The molecule has 132 valence electrons. The first kappa shape index (κ1) is 17.8. The minimum atomic E-state index is -0.141. The number of hydrogen-bond donors (Lipinski definition) is 0. The Morgan fingerprint density at radius 1 is 1.24 bits per heavy atom. The fraction of sp³-hybridized carbons (Fsp3) is 0.350. The summed E-state index contributed by atoms with van der Waals surface area (Å²) in [6, 6.07) is 13.2. The minimum Gasteiger partial charge on any atom is -0.491 e. The summed E-state index contributed by atoms with van der Waals surface area (Å²) < 4.78 is 11.6. The van der Waals surface area contributed by atoms with Gasteiger partial charge in [0.15, 0.2) is 0 Å². The maximum Gasteiger partial charge on any atom is 0.254 e. The molecule has 1 aliphatic rings. The van der Waals surface area contributed by atoms with E-state index < -0.39 is 0 Å². The molecule has 2 aromatic carbocycles. The van der Waals surface area contributed by atoms with Crippen LogP contribution in [0, 0.1) is 13.8 Å². The van der Waals surface area contributed by atoms with E-state index in [0.29, 0.717) is 26.3 Å². The van der Waals surface area contributed by atoms with Gasteiger partial charge in [0.25, 0.3) is 5.91 Å². The number of amides is 1. The molecule has 25 heavy (non-hydrogen) atoms. The summed E-state index contributed by atoms with van der Waals surface area (Å²) in [7, 11) is 0. The van der Waals surface area contributed by atoms with Gasteiger partial charge < -0.3 is 14.4 Å². The topological polar surface area (TPSA) is 38.8 Å². The zero-order chi connectivity index (χ0) is 17.8. The van der Waals surface area contributed by atoms with Crippen LogP contribution < -0.4 is 4.74 Å². The second-order valence-electron chi connectivity index (χ2n) is 6.28. The molecule has 1 amide bonds. The molecule has 0 saturated carbocycles. The molecule has 0 bridgehead atoms. The largest absolute Gasteiger partial charge is 0.491 e. The van der Waals surface area contributed by atoms with Crippen LogP contribution in [0.25, 0.3) is 0 Å². The van der Waals surface area contributed by atoms with Gasteiger partial charge in [0.05, 0.1) is 13.2 Å². The van der Waals surface area contributed by atoms with E-state index in [1.165, 1.54) is 0 Å². The van der Waals surface area contributed by atoms with Crippen molar-refractivity contribution >= 4 is 17.5 Å². The van der Waals surface area contributed by atoms with Gasteiger partial charge in [-0.2, -0.15) is 0 Å². The molecule has 0 N–H and O–H groups in total. The lowest BCUT2D eigenvalue weighted by Gasteiger charge is -2.33. The predicted molar refractivity (Wildman–Crippen MR) is 98.5 cm³/mol. The Hall–Kier alpha value is -2.04. The highest BCUT2D eigenvalue weighted by Gasteiger charge is 2.26. The number of benzene rings is 2. The second-order valence-corrected chi connectivity index (χ2v) is 6.69. The number of halogens is 1.